The van der Waals surface area contributed by atoms with Crippen molar-refractivity contribution in [2.75, 3.05) is 27.4 Å². The SMILES string of the molecule is COC(=O)C(CC1=CCC(OCCCOc2ccc(-c3ccccc3)cc2)C(F)=C1)OC. The molecule has 0 saturated heterocycles. The maximum atomic E-state index is 14.4. The lowest BCUT2D eigenvalue weighted by Gasteiger charge is -2.21. The van der Waals surface area contributed by atoms with Crippen LogP contribution in [0, 0.1) is 0 Å². The summed E-state index contributed by atoms with van der Waals surface area (Å²) in [6, 6.07) is 18.1. The summed E-state index contributed by atoms with van der Waals surface area (Å²) in [5.74, 6) is -0.0331. The van der Waals surface area contributed by atoms with E-state index in [-0.39, 0.29) is 12.2 Å². The fourth-order valence-corrected chi connectivity index (χ4v) is 3.45. The number of ether oxygens (including phenoxy) is 4. The highest BCUT2D eigenvalue weighted by Gasteiger charge is 2.24. The molecule has 6 heteroatoms. The number of esters is 1. The van der Waals surface area contributed by atoms with Crippen LogP contribution in [0.5, 0.6) is 5.75 Å². The summed E-state index contributed by atoms with van der Waals surface area (Å²) in [7, 11) is 2.73. The molecule has 32 heavy (non-hydrogen) atoms. The minimum absolute atomic E-state index is 0.264. The van der Waals surface area contributed by atoms with Gasteiger partial charge in [0.2, 0.25) is 0 Å². The molecular weight excluding hydrogens is 411 g/mol. The minimum atomic E-state index is -0.744. The number of hydrogen-bond acceptors (Lipinski definition) is 5. The predicted octanol–water partition coefficient (Wildman–Crippen LogP) is 5.27. The number of rotatable bonds is 11. The van der Waals surface area contributed by atoms with E-state index in [0.717, 1.165) is 16.9 Å². The highest BCUT2D eigenvalue weighted by atomic mass is 19.1. The average molecular weight is 441 g/mol. The molecule has 3 rings (SSSR count). The molecular formula is C26H29FO5. The molecule has 0 fully saturated rings. The maximum Gasteiger partial charge on any atom is 0.335 e. The monoisotopic (exact) mass is 440 g/mol. The minimum Gasteiger partial charge on any atom is -0.494 e. The smallest absolute Gasteiger partial charge is 0.335 e. The standard InChI is InChI=1S/C26H29FO5/c1-29-25(26(28)30-2)18-19-9-14-24(23(27)17-19)32-16-6-15-31-22-12-10-21(11-13-22)20-7-4-3-5-8-20/h3-5,7-13,17,24-25H,6,14-16,18H2,1-2H3. The van der Waals surface area contributed by atoms with Gasteiger partial charge in [0.15, 0.2) is 6.10 Å². The van der Waals surface area contributed by atoms with E-state index in [1.54, 1.807) is 0 Å². The third-order valence-corrected chi connectivity index (χ3v) is 5.23. The van der Waals surface area contributed by atoms with Gasteiger partial charge in [-0.05, 0) is 41.3 Å². The van der Waals surface area contributed by atoms with Crippen molar-refractivity contribution in [2.45, 2.75) is 31.5 Å². The first-order chi connectivity index (χ1) is 15.6. The summed E-state index contributed by atoms with van der Waals surface area (Å²) in [5.41, 5.74) is 2.99. The second-order valence-electron chi connectivity index (χ2n) is 7.45. The largest absolute Gasteiger partial charge is 0.494 e. The van der Waals surface area contributed by atoms with E-state index in [2.05, 4.69) is 16.9 Å². The van der Waals surface area contributed by atoms with E-state index in [0.29, 0.717) is 31.6 Å². The van der Waals surface area contributed by atoms with Crippen molar-refractivity contribution in [3.63, 3.8) is 0 Å². The van der Waals surface area contributed by atoms with Gasteiger partial charge in [0, 0.05) is 20.0 Å². The Morgan fingerprint density at radius 2 is 1.75 bits per heavy atom. The first-order valence-electron chi connectivity index (χ1n) is 10.7. The third kappa shape index (κ3) is 6.77. The number of benzene rings is 2. The molecule has 0 bridgehead atoms. The summed E-state index contributed by atoms with van der Waals surface area (Å²) in [6.45, 7) is 0.874. The normalized spacial score (nSPS) is 16.7. The Balaban J connectivity index is 1.37. The zero-order valence-corrected chi connectivity index (χ0v) is 18.5. The Morgan fingerprint density at radius 1 is 1.03 bits per heavy atom. The van der Waals surface area contributed by atoms with Gasteiger partial charge in [0.05, 0.1) is 20.3 Å². The number of hydrogen-bond donors (Lipinski definition) is 0. The van der Waals surface area contributed by atoms with Crippen molar-refractivity contribution >= 4 is 5.97 Å². The fraction of sp³-hybridized carbons (Fsp3) is 0.346. The van der Waals surface area contributed by atoms with Crippen molar-refractivity contribution in [1.29, 1.82) is 0 Å². The zero-order chi connectivity index (χ0) is 22.8. The van der Waals surface area contributed by atoms with Gasteiger partial charge >= 0.3 is 5.97 Å². The first kappa shape index (κ1) is 23.7. The van der Waals surface area contributed by atoms with Crippen molar-refractivity contribution in [2.24, 2.45) is 0 Å². The number of methoxy groups -OCH3 is 2. The quantitative estimate of drug-likeness (QED) is 0.352. The Bertz CT molecular complexity index is 921. The van der Waals surface area contributed by atoms with Crippen molar-refractivity contribution < 1.29 is 28.1 Å². The van der Waals surface area contributed by atoms with Crippen LogP contribution in [-0.4, -0.2) is 45.6 Å². The third-order valence-electron chi connectivity index (χ3n) is 5.23. The number of halogens is 1. The van der Waals surface area contributed by atoms with Gasteiger partial charge in [0.25, 0.3) is 0 Å². The molecule has 5 nitrogen and oxygen atoms in total. The fourth-order valence-electron chi connectivity index (χ4n) is 3.45. The van der Waals surface area contributed by atoms with Gasteiger partial charge in [-0.25, -0.2) is 9.18 Å². The highest BCUT2D eigenvalue weighted by molar-refractivity contribution is 5.75. The molecule has 2 unspecified atom stereocenters. The van der Waals surface area contributed by atoms with Gasteiger partial charge < -0.3 is 18.9 Å². The predicted molar refractivity (Wildman–Crippen MR) is 121 cm³/mol. The van der Waals surface area contributed by atoms with E-state index >= 15 is 0 Å². The van der Waals surface area contributed by atoms with Gasteiger partial charge in [-0.2, -0.15) is 0 Å². The lowest BCUT2D eigenvalue weighted by Crippen LogP contribution is -2.25. The number of carbonyl (C=O) groups is 1. The van der Waals surface area contributed by atoms with Crippen LogP contribution in [0.25, 0.3) is 11.1 Å². The van der Waals surface area contributed by atoms with Crippen molar-refractivity contribution in [3.05, 3.63) is 78.1 Å². The van der Waals surface area contributed by atoms with E-state index in [1.165, 1.54) is 20.3 Å². The van der Waals surface area contributed by atoms with Gasteiger partial charge in [-0.1, -0.05) is 48.5 Å². The second-order valence-corrected chi connectivity index (χ2v) is 7.45. The number of carbonyl (C=O) groups excluding carboxylic acids is 1. The van der Waals surface area contributed by atoms with Gasteiger partial charge in [0.1, 0.15) is 17.7 Å². The molecule has 0 N–H and O–H groups in total. The molecule has 0 amide bonds. The topological polar surface area (TPSA) is 54.0 Å². The molecule has 0 aliphatic heterocycles. The highest BCUT2D eigenvalue weighted by Crippen LogP contribution is 2.26. The van der Waals surface area contributed by atoms with E-state index < -0.39 is 18.2 Å². The van der Waals surface area contributed by atoms with Crippen LogP contribution in [0.3, 0.4) is 0 Å². The van der Waals surface area contributed by atoms with Gasteiger partial charge in [-0.15, -0.1) is 0 Å². The molecule has 2 aromatic carbocycles. The average Bonchev–Trinajstić information content (AvgIpc) is 2.84. The van der Waals surface area contributed by atoms with E-state index in [4.69, 9.17) is 14.2 Å². The Morgan fingerprint density at radius 3 is 2.41 bits per heavy atom. The van der Waals surface area contributed by atoms with Crippen LogP contribution in [0.15, 0.2) is 78.1 Å². The molecule has 0 spiro atoms. The summed E-state index contributed by atoms with van der Waals surface area (Å²) < 4.78 is 35.6. The van der Waals surface area contributed by atoms with Crippen LogP contribution in [-0.2, 0) is 19.0 Å². The number of allylic oxidation sites excluding steroid dienone is 1. The van der Waals surface area contributed by atoms with Crippen LogP contribution >= 0.6 is 0 Å². The molecule has 170 valence electrons. The molecule has 1 aliphatic rings. The Kier molecular flexibility index (Phi) is 9.01. The summed E-state index contributed by atoms with van der Waals surface area (Å²) in [4.78, 5) is 11.6. The molecule has 2 atom stereocenters. The summed E-state index contributed by atoms with van der Waals surface area (Å²) >= 11 is 0. The molecule has 0 radical (unpaired) electrons. The Labute approximate surface area is 188 Å². The molecule has 0 saturated carbocycles. The molecule has 0 aromatic heterocycles. The van der Waals surface area contributed by atoms with Crippen molar-refractivity contribution in [1.82, 2.24) is 0 Å². The molecule has 0 heterocycles. The van der Waals surface area contributed by atoms with Crippen LogP contribution in [0.4, 0.5) is 4.39 Å². The van der Waals surface area contributed by atoms with Crippen LogP contribution in [0.1, 0.15) is 19.3 Å². The van der Waals surface area contributed by atoms with Crippen molar-refractivity contribution in [3.8, 4) is 16.9 Å². The van der Waals surface area contributed by atoms with Crippen LogP contribution < -0.4 is 4.74 Å². The lowest BCUT2D eigenvalue weighted by molar-refractivity contribution is -0.152. The van der Waals surface area contributed by atoms with E-state index in [1.807, 2.05) is 48.5 Å². The Hall–Kier alpha value is -2.96. The summed E-state index contributed by atoms with van der Waals surface area (Å²) in [5, 5.41) is 0. The lowest BCUT2D eigenvalue weighted by atomic mass is 9.99. The first-order valence-corrected chi connectivity index (χ1v) is 10.7. The molecule has 1 aliphatic carbocycles. The molecule has 2 aromatic rings. The zero-order valence-electron chi connectivity index (χ0n) is 18.5. The second kappa shape index (κ2) is 12.2. The summed E-state index contributed by atoms with van der Waals surface area (Å²) in [6.07, 6.45) is 3.25. The van der Waals surface area contributed by atoms with Crippen LogP contribution in [0.2, 0.25) is 0 Å². The van der Waals surface area contributed by atoms with Gasteiger partial charge in [-0.3, -0.25) is 0 Å². The van der Waals surface area contributed by atoms with E-state index in [9.17, 15) is 9.18 Å². The maximum absolute atomic E-state index is 14.4.